The Balaban J connectivity index is 2.21. The van der Waals surface area contributed by atoms with Gasteiger partial charge in [0.15, 0.2) is 0 Å². The van der Waals surface area contributed by atoms with E-state index in [2.05, 4.69) is 10.3 Å². The number of benzene rings is 1. The van der Waals surface area contributed by atoms with Gasteiger partial charge in [0.25, 0.3) is 0 Å². The van der Waals surface area contributed by atoms with Crippen LogP contribution in [-0.4, -0.2) is 16.1 Å². The number of anilines is 1. The van der Waals surface area contributed by atoms with Crippen LogP contribution in [0.1, 0.15) is 28.9 Å². The van der Waals surface area contributed by atoms with Crippen molar-refractivity contribution in [2.45, 2.75) is 13.0 Å². The van der Waals surface area contributed by atoms with Crippen molar-refractivity contribution < 1.29 is 9.90 Å². The highest BCUT2D eigenvalue weighted by atomic mass is 35.5. The van der Waals surface area contributed by atoms with Crippen LogP contribution >= 0.6 is 11.6 Å². The number of aromatic carboxylic acids is 1. The van der Waals surface area contributed by atoms with Crippen LogP contribution in [0.2, 0.25) is 5.02 Å². The number of carboxylic acids is 1. The maximum atomic E-state index is 11.1. The van der Waals surface area contributed by atoms with Crippen molar-refractivity contribution in [1.29, 1.82) is 0 Å². The molecule has 0 aliphatic rings. The zero-order valence-corrected chi connectivity index (χ0v) is 11.1. The molecule has 0 spiro atoms. The summed E-state index contributed by atoms with van der Waals surface area (Å²) < 4.78 is 0. The second-order valence-electron chi connectivity index (χ2n) is 4.14. The van der Waals surface area contributed by atoms with E-state index in [4.69, 9.17) is 16.7 Å². The summed E-state index contributed by atoms with van der Waals surface area (Å²) in [6.07, 6.45) is 2.97. The summed E-state index contributed by atoms with van der Waals surface area (Å²) in [6.45, 7) is 1.95. The van der Waals surface area contributed by atoms with Gasteiger partial charge in [-0.2, -0.15) is 0 Å². The average molecular weight is 277 g/mol. The van der Waals surface area contributed by atoms with Crippen LogP contribution in [0.3, 0.4) is 0 Å². The van der Waals surface area contributed by atoms with Crippen LogP contribution in [0.5, 0.6) is 0 Å². The molecule has 1 aromatic carbocycles. The summed E-state index contributed by atoms with van der Waals surface area (Å²) in [5, 5.41) is 12.9. The van der Waals surface area contributed by atoms with Gasteiger partial charge in [-0.1, -0.05) is 23.7 Å². The van der Waals surface area contributed by atoms with E-state index in [0.717, 1.165) is 5.56 Å². The zero-order valence-electron chi connectivity index (χ0n) is 10.3. The molecule has 1 heterocycles. The third-order valence-electron chi connectivity index (χ3n) is 2.79. The first-order valence-corrected chi connectivity index (χ1v) is 6.15. The predicted octanol–water partition coefficient (Wildman–Crippen LogP) is 3.61. The van der Waals surface area contributed by atoms with E-state index >= 15 is 0 Å². The van der Waals surface area contributed by atoms with E-state index in [1.54, 1.807) is 12.1 Å². The van der Waals surface area contributed by atoms with Gasteiger partial charge in [-0.15, -0.1) is 0 Å². The van der Waals surface area contributed by atoms with Crippen molar-refractivity contribution in [3.05, 3.63) is 58.9 Å². The van der Waals surface area contributed by atoms with Crippen LogP contribution in [0.4, 0.5) is 5.69 Å². The molecule has 0 amide bonds. The molecule has 0 fully saturated rings. The molecule has 2 N–H and O–H groups in total. The summed E-state index contributed by atoms with van der Waals surface area (Å²) >= 11 is 5.84. The summed E-state index contributed by atoms with van der Waals surface area (Å²) in [4.78, 5) is 15.0. The van der Waals surface area contributed by atoms with Gasteiger partial charge in [-0.05, 0) is 30.7 Å². The molecule has 1 aromatic heterocycles. The van der Waals surface area contributed by atoms with Gasteiger partial charge in [0.05, 0.1) is 17.4 Å². The van der Waals surface area contributed by atoms with Crippen LogP contribution in [-0.2, 0) is 0 Å². The fourth-order valence-electron chi connectivity index (χ4n) is 1.76. The number of nitrogens with one attached hydrogen (secondary N) is 1. The number of hydrogen-bond acceptors (Lipinski definition) is 3. The Morgan fingerprint density at radius 1 is 1.32 bits per heavy atom. The first kappa shape index (κ1) is 13.4. The molecule has 1 atom stereocenters. The molecule has 0 aliphatic heterocycles. The molecule has 0 saturated carbocycles. The summed E-state index contributed by atoms with van der Waals surface area (Å²) in [5.74, 6) is -0.979. The number of aromatic nitrogens is 1. The van der Waals surface area contributed by atoms with Crippen molar-refractivity contribution in [3.8, 4) is 0 Å². The third-order valence-corrected chi connectivity index (χ3v) is 3.05. The Morgan fingerprint density at radius 2 is 2.00 bits per heavy atom. The Labute approximate surface area is 116 Å². The van der Waals surface area contributed by atoms with Crippen LogP contribution < -0.4 is 5.32 Å². The quantitative estimate of drug-likeness (QED) is 0.895. The average Bonchev–Trinajstić information content (AvgIpc) is 2.39. The maximum absolute atomic E-state index is 11.1. The number of nitrogens with zero attached hydrogens (tertiary/aromatic N) is 1. The first-order chi connectivity index (χ1) is 9.08. The minimum Gasteiger partial charge on any atom is -0.478 e. The molecule has 98 valence electrons. The first-order valence-electron chi connectivity index (χ1n) is 5.77. The van der Waals surface area contributed by atoms with Gasteiger partial charge >= 0.3 is 5.97 Å². The Hall–Kier alpha value is -2.07. The van der Waals surface area contributed by atoms with Gasteiger partial charge in [-0.3, -0.25) is 4.98 Å². The van der Waals surface area contributed by atoms with E-state index in [1.165, 1.54) is 18.5 Å². The number of rotatable bonds is 4. The lowest BCUT2D eigenvalue weighted by Gasteiger charge is -2.16. The molecule has 0 bridgehead atoms. The smallest absolute Gasteiger partial charge is 0.337 e. The van der Waals surface area contributed by atoms with E-state index < -0.39 is 5.97 Å². The highest BCUT2D eigenvalue weighted by Crippen LogP contribution is 2.22. The minimum absolute atomic E-state index is 0.0421. The molecule has 19 heavy (non-hydrogen) atoms. The second-order valence-corrected chi connectivity index (χ2v) is 4.58. The number of carbonyl (C=O) groups is 1. The van der Waals surface area contributed by atoms with Gasteiger partial charge < -0.3 is 10.4 Å². The second kappa shape index (κ2) is 5.71. The number of carboxylic acid groups (broad SMARTS) is 1. The Bertz CT molecular complexity index is 584. The van der Waals surface area contributed by atoms with E-state index in [1.807, 2.05) is 19.1 Å². The van der Waals surface area contributed by atoms with Gasteiger partial charge in [0, 0.05) is 17.3 Å². The normalized spacial score (nSPS) is 11.9. The van der Waals surface area contributed by atoms with Crippen LogP contribution in [0.25, 0.3) is 0 Å². The molecule has 2 rings (SSSR count). The SMILES string of the molecule is CC(Nc1cnccc1C(=O)O)c1ccc(Cl)cc1. The number of halogens is 1. The van der Waals surface area contributed by atoms with Gasteiger partial charge in [0.1, 0.15) is 0 Å². The van der Waals surface area contributed by atoms with Gasteiger partial charge in [-0.25, -0.2) is 4.79 Å². The molecular formula is C14H13ClN2O2. The standard InChI is InChI=1S/C14H13ClN2O2/c1-9(10-2-4-11(15)5-3-10)17-13-8-16-7-6-12(13)14(18)19/h2-9,17H,1H3,(H,18,19). The summed E-state index contributed by atoms with van der Waals surface area (Å²) in [5.41, 5.74) is 1.72. The fraction of sp³-hybridized carbons (Fsp3) is 0.143. The topological polar surface area (TPSA) is 62.2 Å². The van der Waals surface area contributed by atoms with Crippen molar-refractivity contribution in [2.24, 2.45) is 0 Å². The lowest BCUT2D eigenvalue weighted by Crippen LogP contribution is -2.10. The van der Waals surface area contributed by atoms with Crippen molar-refractivity contribution in [1.82, 2.24) is 4.98 Å². The minimum atomic E-state index is -0.979. The fourth-order valence-corrected chi connectivity index (χ4v) is 1.89. The summed E-state index contributed by atoms with van der Waals surface area (Å²) in [6, 6.07) is 8.83. The molecule has 1 unspecified atom stereocenters. The van der Waals surface area contributed by atoms with E-state index in [0.29, 0.717) is 10.7 Å². The highest BCUT2D eigenvalue weighted by molar-refractivity contribution is 6.30. The molecule has 2 aromatic rings. The molecule has 0 radical (unpaired) electrons. The Morgan fingerprint density at radius 3 is 2.63 bits per heavy atom. The largest absolute Gasteiger partial charge is 0.478 e. The predicted molar refractivity (Wildman–Crippen MR) is 74.7 cm³/mol. The van der Waals surface area contributed by atoms with Crippen molar-refractivity contribution in [2.75, 3.05) is 5.32 Å². The lowest BCUT2D eigenvalue weighted by molar-refractivity contribution is 0.0698. The summed E-state index contributed by atoms with van der Waals surface area (Å²) in [7, 11) is 0. The van der Waals surface area contributed by atoms with E-state index in [-0.39, 0.29) is 11.6 Å². The monoisotopic (exact) mass is 276 g/mol. The zero-order chi connectivity index (χ0) is 13.8. The molecule has 4 nitrogen and oxygen atoms in total. The van der Waals surface area contributed by atoms with Crippen molar-refractivity contribution >= 4 is 23.3 Å². The van der Waals surface area contributed by atoms with E-state index in [9.17, 15) is 4.79 Å². The molecule has 5 heteroatoms. The number of hydrogen-bond donors (Lipinski definition) is 2. The lowest BCUT2D eigenvalue weighted by atomic mass is 10.1. The van der Waals surface area contributed by atoms with Crippen molar-refractivity contribution in [3.63, 3.8) is 0 Å². The Kier molecular flexibility index (Phi) is 4.02. The van der Waals surface area contributed by atoms with Crippen LogP contribution in [0, 0.1) is 0 Å². The highest BCUT2D eigenvalue weighted by Gasteiger charge is 2.12. The molecule has 0 aliphatic carbocycles. The molecular weight excluding hydrogens is 264 g/mol. The maximum Gasteiger partial charge on any atom is 0.337 e. The molecule has 0 saturated heterocycles. The van der Waals surface area contributed by atoms with Gasteiger partial charge in [0.2, 0.25) is 0 Å². The van der Waals surface area contributed by atoms with Crippen LogP contribution in [0.15, 0.2) is 42.7 Å². The number of pyridine rings is 1. The third kappa shape index (κ3) is 3.23.